The number of hydrogen-bond donors (Lipinski definition) is 1. The van der Waals surface area contributed by atoms with Crippen LogP contribution >= 0.6 is 0 Å². The molecule has 2 aromatic heterocycles. The highest BCUT2D eigenvalue weighted by molar-refractivity contribution is 5.98. The third-order valence-electron chi connectivity index (χ3n) is 5.71. The molecule has 2 aliphatic heterocycles. The van der Waals surface area contributed by atoms with Gasteiger partial charge in [-0.05, 0) is 42.7 Å². The van der Waals surface area contributed by atoms with Gasteiger partial charge in [-0.25, -0.2) is 14.4 Å². The first-order chi connectivity index (χ1) is 15.9. The molecule has 1 fully saturated rings. The van der Waals surface area contributed by atoms with E-state index in [1.807, 2.05) is 32.9 Å². The average Bonchev–Trinajstić information content (AvgIpc) is 3.45. The summed E-state index contributed by atoms with van der Waals surface area (Å²) in [5.41, 5.74) is 2.67. The van der Waals surface area contributed by atoms with E-state index < -0.39 is 29.6 Å². The Kier molecular flexibility index (Phi) is 5.09. The second-order valence-electron chi connectivity index (χ2n) is 9.06. The largest absolute Gasteiger partial charge is 0.444 e. The fourth-order valence-corrected chi connectivity index (χ4v) is 4.31. The summed E-state index contributed by atoms with van der Waals surface area (Å²) < 4.78 is 16.5. The number of benzene rings is 1. The first-order valence-electron chi connectivity index (χ1n) is 10.7. The molecule has 0 radical (unpaired) electrons. The number of hydrogen-bond acceptors (Lipinski definition) is 9. The number of aromatic amines is 1. The Morgan fingerprint density at radius 1 is 1.30 bits per heavy atom. The molecule has 1 aromatic carbocycles. The molecule has 170 valence electrons. The summed E-state index contributed by atoms with van der Waals surface area (Å²) in [4.78, 5) is 19.0. The number of fused-ring (bicyclic) bond motifs is 2. The Labute approximate surface area is 189 Å². The minimum absolute atomic E-state index is 0.234. The van der Waals surface area contributed by atoms with Crippen LogP contribution in [0.4, 0.5) is 10.6 Å². The molecule has 0 bridgehead atoms. The molecule has 1 N–H and O–H groups in total. The van der Waals surface area contributed by atoms with Crippen molar-refractivity contribution < 1.29 is 18.9 Å². The number of aliphatic imine (C=N–C) groups is 1. The highest BCUT2D eigenvalue weighted by atomic mass is 16.6. The topological polar surface area (TPSA) is 143 Å². The van der Waals surface area contributed by atoms with Gasteiger partial charge in [0.25, 0.3) is 0 Å². The number of nitrogens with zero attached hydrogens (tertiary/aromatic N) is 6. The van der Waals surface area contributed by atoms with E-state index in [0.29, 0.717) is 35.7 Å². The summed E-state index contributed by atoms with van der Waals surface area (Å²) in [7, 11) is 0. The Bertz CT molecular complexity index is 1270. The number of morpholine rings is 1. The predicted molar refractivity (Wildman–Crippen MR) is 116 cm³/mol. The zero-order valence-corrected chi connectivity index (χ0v) is 18.5. The standard InChI is InChI=1S/C22H23N7O4/c1-22(2,3)32-21(30)29-7-8-31-16(11-29)19-13(9-23)17(14-10-24-26-20(14)25-19)12-5-4-6-15-18(12)28-33-27-15/h4-6,10,13,16-17H,7-8,11H2,1-3H3,(H,24,26). The summed E-state index contributed by atoms with van der Waals surface area (Å²) >= 11 is 0. The smallest absolute Gasteiger partial charge is 0.410 e. The van der Waals surface area contributed by atoms with Crippen LogP contribution in [0.5, 0.6) is 0 Å². The van der Waals surface area contributed by atoms with Crippen molar-refractivity contribution >= 4 is 28.7 Å². The second-order valence-corrected chi connectivity index (χ2v) is 9.06. The van der Waals surface area contributed by atoms with Gasteiger partial charge in [0.15, 0.2) is 5.82 Å². The maximum Gasteiger partial charge on any atom is 0.410 e. The molecule has 2 aliphatic rings. The molecule has 3 unspecified atom stereocenters. The number of aromatic nitrogens is 4. The van der Waals surface area contributed by atoms with Crippen molar-refractivity contribution in [1.82, 2.24) is 25.4 Å². The number of amides is 1. The number of carbonyl (C=O) groups is 1. The SMILES string of the molecule is CC(C)(C)OC(=O)N1CCOC(C2=Nc3[nH]ncc3C(c3cccc4nonc34)C2C#N)C1. The number of nitrogens with one attached hydrogen (secondary N) is 1. The molecule has 5 rings (SSSR count). The van der Waals surface area contributed by atoms with Crippen molar-refractivity contribution in [3.63, 3.8) is 0 Å². The number of ether oxygens (including phenoxy) is 2. The van der Waals surface area contributed by atoms with Gasteiger partial charge in [0.1, 0.15) is 22.7 Å². The van der Waals surface area contributed by atoms with Crippen LogP contribution in [0, 0.1) is 17.2 Å². The first-order valence-corrected chi connectivity index (χ1v) is 10.7. The summed E-state index contributed by atoms with van der Waals surface area (Å²) in [5.74, 6) is -0.527. The van der Waals surface area contributed by atoms with Crippen molar-refractivity contribution in [3.8, 4) is 6.07 Å². The molecule has 0 aliphatic carbocycles. The molecule has 0 saturated carbocycles. The first kappa shape index (κ1) is 21.1. The molecule has 1 amide bonds. The Balaban J connectivity index is 1.52. The summed E-state index contributed by atoms with van der Waals surface area (Å²) in [6, 6.07) is 7.95. The maximum atomic E-state index is 12.7. The monoisotopic (exact) mass is 449 g/mol. The third-order valence-corrected chi connectivity index (χ3v) is 5.71. The van der Waals surface area contributed by atoms with Crippen LogP contribution in [0.2, 0.25) is 0 Å². The van der Waals surface area contributed by atoms with Crippen LogP contribution in [0.3, 0.4) is 0 Å². The number of nitriles is 1. The van der Waals surface area contributed by atoms with Gasteiger partial charge in [0.2, 0.25) is 0 Å². The zero-order chi connectivity index (χ0) is 23.2. The van der Waals surface area contributed by atoms with Crippen LogP contribution < -0.4 is 0 Å². The van der Waals surface area contributed by atoms with E-state index in [1.165, 1.54) is 0 Å². The van der Waals surface area contributed by atoms with E-state index in [4.69, 9.17) is 19.1 Å². The van der Waals surface area contributed by atoms with Crippen LogP contribution in [-0.2, 0) is 9.47 Å². The Morgan fingerprint density at radius 3 is 2.94 bits per heavy atom. The van der Waals surface area contributed by atoms with Gasteiger partial charge >= 0.3 is 6.09 Å². The lowest BCUT2D eigenvalue weighted by atomic mass is 9.76. The molecule has 3 atom stereocenters. The van der Waals surface area contributed by atoms with E-state index in [0.717, 1.165) is 11.1 Å². The van der Waals surface area contributed by atoms with Crippen molar-refractivity contribution in [3.05, 3.63) is 35.5 Å². The van der Waals surface area contributed by atoms with Crippen LogP contribution in [0.1, 0.15) is 37.8 Å². The lowest BCUT2D eigenvalue weighted by Crippen LogP contribution is -2.51. The Morgan fingerprint density at radius 2 is 2.15 bits per heavy atom. The van der Waals surface area contributed by atoms with E-state index >= 15 is 0 Å². The fourth-order valence-electron chi connectivity index (χ4n) is 4.31. The van der Waals surface area contributed by atoms with E-state index in [2.05, 4.69) is 26.6 Å². The Hall–Kier alpha value is -3.78. The molecular formula is C22H23N7O4. The highest BCUT2D eigenvalue weighted by Gasteiger charge is 2.42. The minimum Gasteiger partial charge on any atom is -0.444 e. The third kappa shape index (κ3) is 3.82. The minimum atomic E-state index is -0.666. The van der Waals surface area contributed by atoms with Crippen molar-refractivity contribution in [2.24, 2.45) is 10.9 Å². The lowest BCUT2D eigenvalue weighted by molar-refractivity contribution is -0.0218. The summed E-state index contributed by atoms with van der Waals surface area (Å²) in [6.45, 7) is 6.41. The highest BCUT2D eigenvalue weighted by Crippen LogP contribution is 2.43. The van der Waals surface area contributed by atoms with E-state index in [9.17, 15) is 10.1 Å². The normalized spacial score (nSPS) is 23.0. The summed E-state index contributed by atoms with van der Waals surface area (Å²) in [5, 5.41) is 25.3. The van der Waals surface area contributed by atoms with Gasteiger partial charge in [-0.1, -0.05) is 12.1 Å². The molecule has 4 heterocycles. The quantitative estimate of drug-likeness (QED) is 0.629. The lowest BCUT2D eigenvalue weighted by Gasteiger charge is -2.37. The molecular weight excluding hydrogens is 426 g/mol. The van der Waals surface area contributed by atoms with Gasteiger partial charge in [-0.3, -0.25) is 5.10 Å². The second kappa shape index (κ2) is 7.97. The van der Waals surface area contributed by atoms with Crippen molar-refractivity contribution in [2.45, 2.75) is 38.4 Å². The molecule has 33 heavy (non-hydrogen) atoms. The molecule has 1 saturated heterocycles. The van der Waals surface area contributed by atoms with Crippen molar-refractivity contribution in [1.29, 1.82) is 5.26 Å². The van der Waals surface area contributed by atoms with Gasteiger partial charge in [-0.15, -0.1) is 0 Å². The van der Waals surface area contributed by atoms with Gasteiger partial charge in [0.05, 0.1) is 37.0 Å². The molecule has 11 nitrogen and oxygen atoms in total. The predicted octanol–water partition coefficient (Wildman–Crippen LogP) is 2.94. The van der Waals surface area contributed by atoms with E-state index in [1.54, 1.807) is 17.2 Å². The number of rotatable bonds is 2. The fraction of sp³-hybridized carbons (Fsp3) is 0.455. The zero-order valence-electron chi connectivity index (χ0n) is 18.5. The average molecular weight is 449 g/mol. The van der Waals surface area contributed by atoms with Crippen LogP contribution in [0.15, 0.2) is 34.0 Å². The number of carbonyl (C=O) groups excluding carboxylic acids is 1. The van der Waals surface area contributed by atoms with E-state index in [-0.39, 0.29) is 6.54 Å². The van der Waals surface area contributed by atoms with Crippen LogP contribution in [0.25, 0.3) is 11.0 Å². The molecule has 3 aromatic rings. The van der Waals surface area contributed by atoms with Gasteiger partial charge < -0.3 is 14.4 Å². The van der Waals surface area contributed by atoms with Gasteiger partial charge in [-0.2, -0.15) is 10.4 Å². The van der Waals surface area contributed by atoms with Crippen molar-refractivity contribution in [2.75, 3.05) is 19.7 Å². The molecule has 0 spiro atoms. The number of H-pyrrole nitrogens is 1. The summed E-state index contributed by atoms with van der Waals surface area (Å²) in [6.07, 6.45) is 0.688. The maximum absolute atomic E-state index is 12.7. The van der Waals surface area contributed by atoms with Gasteiger partial charge in [0, 0.05) is 18.0 Å². The molecule has 11 heteroatoms. The van der Waals surface area contributed by atoms with Crippen LogP contribution in [-0.4, -0.2) is 68.6 Å².